The Balaban J connectivity index is 3.06. The standard InChI is InChI=1S/C11H24N2S2/c1-3-8-12-11(14)13-9-6-4-5-7-10-15-2/h3-10H2,1-2H3,(H2,12,13,14). The lowest BCUT2D eigenvalue weighted by Gasteiger charge is -2.09. The van der Waals surface area contributed by atoms with Crippen molar-refractivity contribution in [3.05, 3.63) is 0 Å². The van der Waals surface area contributed by atoms with Gasteiger partial charge in [0, 0.05) is 13.1 Å². The molecule has 0 fully saturated rings. The monoisotopic (exact) mass is 248 g/mol. The van der Waals surface area contributed by atoms with Gasteiger partial charge in [-0.15, -0.1) is 0 Å². The molecule has 0 bridgehead atoms. The van der Waals surface area contributed by atoms with Gasteiger partial charge in [0.15, 0.2) is 5.11 Å². The highest BCUT2D eigenvalue weighted by Crippen LogP contribution is 2.03. The molecule has 0 saturated heterocycles. The van der Waals surface area contributed by atoms with Gasteiger partial charge in [0.2, 0.25) is 0 Å². The van der Waals surface area contributed by atoms with E-state index in [2.05, 4.69) is 23.8 Å². The molecule has 0 aromatic rings. The van der Waals surface area contributed by atoms with Crippen molar-refractivity contribution < 1.29 is 0 Å². The summed E-state index contributed by atoms with van der Waals surface area (Å²) in [4.78, 5) is 0. The lowest BCUT2D eigenvalue weighted by Crippen LogP contribution is -2.36. The summed E-state index contributed by atoms with van der Waals surface area (Å²) in [6, 6.07) is 0. The van der Waals surface area contributed by atoms with Gasteiger partial charge in [0.1, 0.15) is 0 Å². The number of thioether (sulfide) groups is 1. The van der Waals surface area contributed by atoms with Crippen molar-refractivity contribution in [2.75, 3.05) is 25.1 Å². The Morgan fingerprint density at radius 1 is 1.07 bits per heavy atom. The summed E-state index contributed by atoms with van der Waals surface area (Å²) in [6.45, 7) is 4.12. The van der Waals surface area contributed by atoms with Crippen LogP contribution in [0, 0.1) is 0 Å². The fraction of sp³-hybridized carbons (Fsp3) is 0.909. The third-order valence-electron chi connectivity index (χ3n) is 2.10. The molecule has 0 saturated carbocycles. The predicted molar refractivity (Wildman–Crippen MR) is 75.7 cm³/mol. The molecule has 2 nitrogen and oxygen atoms in total. The van der Waals surface area contributed by atoms with Crippen LogP contribution in [0.15, 0.2) is 0 Å². The Labute approximate surface area is 104 Å². The number of hydrogen-bond donors (Lipinski definition) is 2. The van der Waals surface area contributed by atoms with Crippen molar-refractivity contribution in [3.8, 4) is 0 Å². The predicted octanol–water partition coefficient (Wildman–Crippen LogP) is 2.78. The van der Waals surface area contributed by atoms with Crippen LogP contribution >= 0.6 is 24.0 Å². The van der Waals surface area contributed by atoms with E-state index in [-0.39, 0.29) is 0 Å². The Bertz CT molecular complexity index is 152. The van der Waals surface area contributed by atoms with Gasteiger partial charge in [-0.2, -0.15) is 11.8 Å². The van der Waals surface area contributed by atoms with Crippen LogP contribution in [0.5, 0.6) is 0 Å². The molecule has 0 aliphatic heterocycles. The van der Waals surface area contributed by atoms with E-state index < -0.39 is 0 Å². The van der Waals surface area contributed by atoms with Crippen molar-refractivity contribution in [2.45, 2.75) is 39.0 Å². The van der Waals surface area contributed by atoms with Crippen LogP contribution in [0.4, 0.5) is 0 Å². The largest absolute Gasteiger partial charge is 0.363 e. The molecule has 0 atom stereocenters. The maximum Gasteiger partial charge on any atom is 0.166 e. The highest BCUT2D eigenvalue weighted by Gasteiger charge is 1.93. The lowest BCUT2D eigenvalue weighted by molar-refractivity contribution is 0.652. The highest BCUT2D eigenvalue weighted by atomic mass is 32.2. The molecular formula is C11H24N2S2. The fourth-order valence-corrected chi connectivity index (χ4v) is 1.92. The van der Waals surface area contributed by atoms with E-state index in [9.17, 15) is 0 Å². The molecule has 0 radical (unpaired) electrons. The number of hydrogen-bond acceptors (Lipinski definition) is 2. The average molecular weight is 248 g/mol. The zero-order valence-corrected chi connectivity index (χ0v) is 11.6. The second-order valence-corrected chi connectivity index (χ2v) is 4.98. The smallest absolute Gasteiger partial charge is 0.166 e. The molecule has 90 valence electrons. The van der Waals surface area contributed by atoms with E-state index in [0.29, 0.717) is 0 Å². The first kappa shape index (κ1) is 15.0. The van der Waals surface area contributed by atoms with Crippen molar-refractivity contribution >= 4 is 29.1 Å². The Morgan fingerprint density at radius 3 is 2.40 bits per heavy atom. The second-order valence-electron chi connectivity index (χ2n) is 3.59. The van der Waals surface area contributed by atoms with Crippen molar-refractivity contribution in [2.24, 2.45) is 0 Å². The lowest BCUT2D eigenvalue weighted by atomic mass is 10.2. The SMILES string of the molecule is CCCNC(=S)NCCCCCCSC. The van der Waals surface area contributed by atoms with E-state index in [1.807, 2.05) is 11.8 Å². The van der Waals surface area contributed by atoms with Gasteiger partial charge in [-0.25, -0.2) is 0 Å². The normalized spacial score (nSPS) is 10.0. The van der Waals surface area contributed by atoms with E-state index >= 15 is 0 Å². The van der Waals surface area contributed by atoms with Crippen molar-refractivity contribution in [3.63, 3.8) is 0 Å². The van der Waals surface area contributed by atoms with Gasteiger partial charge in [0.05, 0.1) is 0 Å². The average Bonchev–Trinajstić information content (AvgIpc) is 2.25. The minimum atomic E-state index is 0.806. The molecule has 0 aromatic carbocycles. The first-order valence-corrected chi connectivity index (χ1v) is 7.62. The maximum atomic E-state index is 5.11. The molecule has 0 aliphatic rings. The van der Waals surface area contributed by atoms with Crippen LogP contribution in [0.1, 0.15) is 39.0 Å². The highest BCUT2D eigenvalue weighted by molar-refractivity contribution is 7.98. The van der Waals surface area contributed by atoms with E-state index in [1.165, 1.54) is 31.4 Å². The molecular weight excluding hydrogens is 224 g/mol. The number of rotatable bonds is 9. The van der Waals surface area contributed by atoms with Crippen LogP contribution < -0.4 is 10.6 Å². The molecule has 0 amide bonds. The third-order valence-corrected chi connectivity index (χ3v) is 3.08. The van der Waals surface area contributed by atoms with Gasteiger partial charge in [-0.3, -0.25) is 0 Å². The topological polar surface area (TPSA) is 24.1 Å². The zero-order chi connectivity index (χ0) is 11.4. The van der Waals surface area contributed by atoms with Crippen LogP contribution in [-0.4, -0.2) is 30.2 Å². The van der Waals surface area contributed by atoms with Crippen LogP contribution in [0.3, 0.4) is 0 Å². The minimum absolute atomic E-state index is 0.806. The van der Waals surface area contributed by atoms with Gasteiger partial charge >= 0.3 is 0 Å². The summed E-state index contributed by atoms with van der Waals surface area (Å²) < 4.78 is 0. The molecule has 0 unspecified atom stereocenters. The van der Waals surface area contributed by atoms with Crippen LogP contribution in [0.2, 0.25) is 0 Å². The molecule has 2 N–H and O–H groups in total. The Kier molecular flexibility index (Phi) is 12.1. The molecule has 15 heavy (non-hydrogen) atoms. The van der Waals surface area contributed by atoms with Gasteiger partial charge in [-0.05, 0) is 43.5 Å². The first-order chi connectivity index (χ1) is 7.31. The first-order valence-electron chi connectivity index (χ1n) is 5.82. The third kappa shape index (κ3) is 12.0. The van der Waals surface area contributed by atoms with E-state index in [0.717, 1.165) is 24.6 Å². The molecule has 4 heteroatoms. The minimum Gasteiger partial charge on any atom is -0.363 e. The zero-order valence-electron chi connectivity index (χ0n) is 9.97. The fourth-order valence-electron chi connectivity index (χ4n) is 1.23. The van der Waals surface area contributed by atoms with Crippen molar-refractivity contribution in [1.29, 1.82) is 0 Å². The quantitative estimate of drug-likeness (QED) is 0.484. The Hall–Kier alpha value is 0.0400. The molecule has 0 heterocycles. The van der Waals surface area contributed by atoms with Crippen LogP contribution in [-0.2, 0) is 0 Å². The van der Waals surface area contributed by atoms with Gasteiger partial charge < -0.3 is 10.6 Å². The summed E-state index contributed by atoms with van der Waals surface area (Å²) in [6.07, 6.45) is 8.51. The van der Waals surface area contributed by atoms with Crippen LogP contribution in [0.25, 0.3) is 0 Å². The maximum absolute atomic E-state index is 5.11. The van der Waals surface area contributed by atoms with Gasteiger partial charge in [0.25, 0.3) is 0 Å². The molecule has 0 spiro atoms. The Morgan fingerprint density at radius 2 is 1.73 bits per heavy atom. The number of thiocarbonyl (C=S) groups is 1. The summed E-state index contributed by atoms with van der Waals surface area (Å²) in [7, 11) is 0. The molecule has 0 rings (SSSR count). The van der Waals surface area contributed by atoms with E-state index in [1.54, 1.807) is 0 Å². The second kappa shape index (κ2) is 12.1. The van der Waals surface area contributed by atoms with E-state index in [4.69, 9.17) is 12.2 Å². The summed E-state index contributed by atoms with van der Waals surface area (Å²) in [5.41, 5.74) is 0. The molecule has 0 aliphatic carbocycles. The summed E-state index contributed by atoms with van der Waals surface area (Å²) in [5.74, 6) is 1.30. The summed E-state index contributed by atoms with van der Waals surface area (Å²) >= 11 is 7.05. The number of nitrogens with one attached hydrogen (secondary N) is 2. The van der Waals surface area contributed by atoms with Gasteiger partial charge in [-0.1, -0.05) is 19.8 Å². The van der Waals surface area contributed by atoms with Crippen molar-refractivity contribution in [1.82, 2.24) is 10.6 Å². The number of unbranched alkanes of at least 4 members (excludes halogenated alkanes) is 3. The summed E-state index contributed by atoms with van der Waals surface area (Å²) in [5, 5.41) is 7.19. The molecule has 0 aromatic heterocycles.